The van der Waals surface area contributed by atoms with Gasteiger partial charge in [0, 0.05) is 18.2 Å². The number of nitrogens with two attached hydrogens (primary N) is 1. The lowest BCUT2D eigenvalue weighted by Gasteiger charge is -2.28. The summed E-state index contributed by atoms with van der Waals surface area (Å²) in [5, 5.41) is 0. The van der Waals surface area contributed by atoms with E-state index < -0.39 is 0 Å². The van der Waals surface area contributed by atoms with Crippen LogP contribution in [0.5, 0.6) is 0 Å². The molecule has 20 heavy (non-hydrogen) atoms. The third kappa shape index (κ3) is 2.36. The number of fused-ring (bicyclic) bond motifs is 1. The summed E-state index contributed by atoms with van der Waals surface area (Å²) < 4.78 is 0. The summed E-state index contributed by atoms with van der Waals surface area (Å²) in [4.78, 5) is 25.9. The molecule has 1 fully saturated rings. The first kappa shape index (κ1) is 13.3. The fraction of sp³-hybridized carbons (Fsp3) is 0.500. The molecule has 4 nitrogen and oxygen atoms in total. The molecule has 0 aromatic heterocycles. The first-order chi connectivity index (χ1) is 9.66. The van der Waals surface area contributed by atoms with Gasteiger partial charge in [-0.1, -0.05) is 24.6 Å². The quantitative estimate of drug-likeness (QED) is 0.852. The number of carbonyl (C=O) groups excluding carboxylic acids is 2. The number of benzene rings is 1. The Morgan fingerprint density at radius 1 is 1.20 bits per heavy atom. The molecule has 1 aromatic rings. The van der Waals surface area contributed by atoms with Crippen molar-refractivity contribution in [2.24, 2.45) is 11.7 Å². The summed E-state index contributed by atoms with van der Waals surface area (Å²) in [6, 6.07) is 7.61. The SMILES string of the molecule is NC1CCCC1CCN1C(=O)Cc2ccccc2C1=O. The fourth-order valence-corrected chi connectivity index (χ4v) is 3.35. The Bertz CT molecular complexity index is 541. The zero-order valence-corrected chi connectivity index (χ0v) is 11.5. The predicted molar refractivity (Wildman–Crippen MR) is 76.1 cm³/mol. The van der Waals surface area contributed by atoms with Crippen molar-refractivity contribution in [3.63, 3.8) is 0 Å². The third-order valence-electron chi connectivity index (χ3n) is 4.58. The first-order valence-electron chi connectivity index (χ1n) is 7.35. The van der Waals surface area contributed by atoms with Crippen molar-refractivity contribution in [2.45, 2.75) is 38.1 Å². The second-order valence-electron chi connectivity index (χ2n) is 5.83. The van der Waals surface area contributed by atoms with Crippen molar-refractivity contribution < 1.29 is 9.59 Å². The summed E-state index contributed by atoms with van der Waals surface area (Å²) in [5.74, 6) is 0.219. The van der Waals surface area contributed by atoms with Gasteiger partial charge >= 0.3 is 0 Å². The number of rotatable bonds is 3. The van der Waals surface area contributed by atoms with Crippen LogP contribution in [0.3, 0.4) is 0 Å². The summed E-state index contributed by atoms with van der Waals surface area (Å²) in [7, 11) is 0. The lowest BCUT2D eigenvalue weighted by atomic mass is 9.96. The van der Waals surface area contributed by atoms with Crippen LogP contribution >= 0.6 is 0 Å². The molecule has 3 rings (SSSR count). The molecule has 0 saturated heterocycles. The minimum absolute atomic E-state index is 0.0831. The van der Waals surface area contributed by atoms with Gasteiger partial charge in [-0.15, -0.1) is 0 Å². The van der Waals surface area contributed by atoms with Gasteiger partial charge in [-0.25, -0.2) is 0 Å². The molecule has 2 atom stereocenters. The molecule has 1 aliphatic heterocycles. The maximum absolute atomic E-state index is 12.4. The molecule has 0 radical (unpaired) electrons. The molecule has 1 saturated carbocycles. The number of hydrogen-bond donors (Lipinski definition) is 1. The minimum Gasteiger partial charge on any atom is -0.327 e. The van der Waals surface area contributed by atoms with E-state index in [0.717, 1.165) is 31.2 Å². The van der Waals surface area contributed by atoms with E-state index >= 15 is 0 Å². The average Bonchev–Trinajstić information content (AvgIpc) is 2.84. The zero-order valence-electron chi connectivity index (χ0n) is 11.5. The second-order valence-corrected chi connectivity index (χ2v) is 5.83. The molecule has 1 heterocycles. The lowest BCUT2D eigenvalue weighted by Crippen LogP contribution is -2.43. The van der Waals surface area contributed by atoms with E-state index in [4.69, 9.17) is 5.73 Å². The van der Waals surface area contributed by atoms with Gasteiger partial charge in [0.05, 0.1) is 6.42 Å². The van der Waals surface area contributed by atoms with Crippen molar-refractivity contribution in [1.29, 1.82) is 0 Å². The molecule has 2 aliphatic rings. The van der Waals surface area contributed by atoms with Crippen molar-refractivity contribution in [3.8, 4) is 0 Å². The van der Waals surface area contributed by atoms with Crippen molar-refractivity contribution in [3.05, 3.63) is 35.4 Å². The Morgan fingerprint density at radius 3 is 2.75 bits per heavy atom. The predicted octanol–water partition coefficient (Wildman–Crippen LogP) is 1.73. The topological polar surface area (TPSA) is 63.4 Å². The van der Waals surface area contributed by atoms with Crippen LogP contribution in [0.1, 0.15) is 41.6 Å². The van der Waals surface area contributed by atoms with Crippen LogP contribution in [0.4, 0.5) is 0 Å². The Labute approximate surface area is 118 Å². The van der Waals surface area contributed by atoms with E-state index in [1.807, 2.05) is 18.2 Å². The Morgan fingerprint density at radius 2 is 2.00 bits per heavy atom. The van der Waals surface area contributed by atoms with Gasteiger partial charge < -0.3 is 5.73 Å². The Hall–Kier alpha value is -1.68. The normalized spacial score (nSPS) is 25.9. The molecule has 106 valence electrons. The van der Waals surface area contributed by atoms with Gasteiger partial charge in [-0.2, -0.15) is 0 Å². The average molecular weight is 272 g/mol. The van der Waals surface area contributed by atoms with Crippen LogP contribution in [0.2, 0.25) is 0 Å². The van der Waals surface area contributed by atoms with E-state index in [0.29, 0.717) is 24.4 Å². The van der Waals surface area contributed by atoms with Crippen LogP contribution in [0.25, 0.3) is 0 Å². The van der Waals surface area contributed by atoms with Crippen LogP contribution in [0, 0.1) is 5.92 Å². The Balaban J connectivity index is 1.71. The van der Waals surface area contributed by atoms with Gasteiger partial charge in [0.25, 0.3) is 5.91 Å². The van der Waals surface area contributed by atoms with Crippen LogP contribution in [-0.2, 0) is 11.2 Å². The first-order valence-corrected chi connectivity index (χ1v) is 7.35. The van der Waals surface area contributed by atoms with Crippen molar-refractivity contribution in [1.82, 2.24) is 4.90 Å². The summed E-state index contributed by atoms with van der Waals surface area (Å²) in [6.07, 6.45) is 4.51. The second kappa shape index (κ2) is 5.37. The number of nitrogens with zero attached hydrogens (tertiary/aromatic N) is 1. The number of carbonyl (C=O) groups is 2. The highest BCUT2D eigenvalue weighted by atomic mass is 16.2. The lowest BCUT2D eigenvalue weighted by molar-refractivity contribution is -0.128. The monoisotopic (exact) mass is 272 g/mol. The van der Waals surface area contributed by atoms with Crippen molar-refractivity contribution in [2.75, 3.05) is 6.54 Å². The standard InChI is InChI=1S/C16H20N2O2/c17-14-7-3-5-11(14)8-9-18-15(19)10-12-4-1-2-6-13(12)16(18)20/h1-2,4,6,11,14H,3,5,7-10,17H2. The molecule has 2 amide bonds. The molecule has 2 unspecified atom stereocenters. The van der Waals surface area contributed by atoms with E-state index in [-0.39, 0.29) is 17.9 Å². The largest absolute Gasteiger partial charge is 0.327 e. The van der Waals surface area contributed by atoms with Crippen LogP contribution in [-0.4, -0.2) is 29.3 Å². The molecule has 1 aliphatic carbocycles. The van der Waals surface area contributed by atoms with E-state index in [9.17, 15) is 9.59 Å². The highest BCUT2D eigenvalue weighted by Crippen LogP contribution is 2.28. The van der Waals surface area contributed by atoms with Crippen LogP contribution in [0.15, 0.2) is 24.3 Å². The molecular formula is C16H20N2O2. The highest BCUT2D eigenvalue weighted by Gasteiger charge is 2.32. The summed E-state index contributed by atoms with van der Waals surface area (Å²) >= 11 is 0. The van der Waals surface area contributed by atoms with Gasteiger partial charge in [-0.3, -0.25) is 14.5 Å². The number of amides is 2. The number of imide groups is 1. The molecule has 2 N–H and O–H groups in total. The Kier molecular flexibility index (Phi) is 3.57. The van der Waals surface area contributed by atoms with Crippen molar-refractivity contribution >= 4 is 11.8 Å². The zero-order chi connectivity index (χ0) is 14.1. The summed E-state index contributed by atoms with van der Waals surface area (Å²) in [5.41, 5.74) is 7.57. The third-order valence-corrected chi connectivity index (χ3v) is 4.58. The van der Waals surface area contributed by atoms with Gasteiger partial charge in [0.2, 0.25) is 5.91 Å². The smallest absolute Gasteiger partial charge is 0.260 e. The summed E-state index contributed by atoms with van der Waals surface area (Å²) in [6.45, 7) is 0.504. The fourth-order valence-electron chi connectivity index (χ4n) is 3.35. The van der Waals surface area contributed by atoms with Gasteiger partial charge in [0.15, 0.2) is 0 Å². The minimum atomic E-state index is -0.150. The molecule has 1 aromatic carbocycles. The molecule has 0 bridgehead atoms. The molecular weight excluding hydrogens is 252 g/mol. The highest BCUT2D eigenvalue weighted by molar-refractivity contribution is 6.09. The van der Waals surface area contributed by atoms with Crippen LogP contribution < -0.4 is 5.73 Å². The van der Waals surface area contributed by atoms with E-state index in [1.54, 1.807) is 6.07 Å². The van der Waals surface area contributed by atoms with E-state index in [1.165, 1.54) is 4.90 Å². The molecule has 4 heteroatoms. The van der Waals surface area contributed by atoms with E-state index in [2.05, 4.69) is 0 Å². The number of hydrogen-bond acceptors (Lipinski definition) is 3. The molecule has 0 spiro atoms. The van der Waals surface area contributed by atoms with Gasteiger partial charge in [-0.05, 0) is 36.8 Å². The van der Waals surface area contributed by atoms with Gasteiger partial charge in [0.1, 0.15) is 0 Å². The maximum Gasteiger partial charge on any atom is 0.260 e. The maximum atomic E-state index is 12.4.